The van der Waals surface area contributed by atoms with E-state index in [2.05, 4.69) is 28.5 Å². The lowest BCUT2D eigenvalue weighted by Crippen LogP contribution is -2.03. The first-order valence-electron chi connectivity index (χ1n) is 6.58. The molecule has 0 radical (unpaired) electrons. The molecule has 0 aliphatic heterocycles. The molecular weight excluding hydrogens is 272 g/mol. The van der Waals surface area contributed by atoms with E-state index in [9.17, 15) is 0 Å². The average molecular weight is 292 g/mol. The number of nitrogens with one attached hydrogen (secondary N) is 1. The van der Waals surface area contributed by atoms with Crippen LogP contribution in [0.3, 0.4) is 0 Å². The highest BCUT2D eigenvalue weighted by Crippen LogP contribution is 2.16. The quantitative estimate of drug-likeness (QED) is 0.759. The maximum Gasteiger partial charge on any atom is 0.0798 e. The molecule has 0 fully saturated rings. The van der Waals surface area contributed by atoms with Crippen LogP contribution in [0.4, 0.5) is 5.69 Å². The van der Waals surface area contributed by atoms with Crippen LogP contribution >= 0.6 is 11.3 Å². The predicted octanol–water partition coefficient (Wildman–Crippen LogP) is 3.23. The second kappa shape index (κ2) is 7.99. The van der Waals surface area contributed by atoms with Crippen molar-refractivity contribution in [1.29, 1.82) is 0 Å². The minimum absolute atomic E-state index is 0.610. The van der Waals surface area contributed by atoms with Gasteiger partial charge in [0.1, 0.15) is 0 Å². The van der Waals surface area contributed by atoms with Gasteiger partial charge in [-0.3, -0.25) is 0 Å². The minimum atomic E-state index is 0.610. The zero-order valence-corrected chi connectivity index (χ0v) is 12.7. The molecule has 0 saturated carbocycles. The Balaban J connectivity index is 1.84. The first kappa shape index (κ1) is 15.0. The number of aromatic nitrogens is 1. The molecule has 0 saturated heterocycles. The zero-order chi connectivity index (χ0) is 14.2. The van der Waals surface area contributed by atoms with E-state index in [0.29, 0.717) is 19.8 Å². The number of nitrogens with zero attached hydrogens (tertiary/aromatic N) is 1. The van der Waals surface area contributed by atoms with Gasteiger partial charge in [0.25, 0.3) is 0 Å². The molecule has 108 valence electrons. The van der Waals surface area contributed by atoms with Gasteiger partial charge in [0.15, 0.2) is 0 Å². The molecule has 0 amide bonds. The van der Waals surface area contributed by atoms with Gasteiger partial charge in [-0.1, -0.05) is 12.1 Å². The third-order valence-corrected chi connectivity index (χ3v) is 3.86. The lowest BCUT2D eigenvalue weighted by molar-refractivity contribution is 0.0617. The zero-order valence-electron chi connectivity index (χ0n) is 11.9. The molecule has 0 aliphatic carbocycles. The van der Waals surface area contributed by atoms with Crippen molar-refractivity contribution in [3.05, 3.63) is 45.9 Å². The molecule has 2 rings (SSSR count). The van der Waals surface area contributed by atoms with Gasteiger partial charge < -0.3 is 14.8 Å². The fourth-order valence-electron chi connectivity index (χ4n) is 1.78. The maximum absolute atomic E-state index is 5.52. The summed E-state index contributed by atoms with van der Waals surface area (Å²) in [7, 11) is 1.68. The van der Waals surface area contributed by atoms with Crippen molar-refractivity contribution < 1.29 is 9.47 Å². The lowest BCUT2D eigenvalue weighted by atomic mass is 10.2. The number of benzene rings is 1. The van der Waals surface area contributed by atoms with E-state index in [0.717, 1.165) is 23.5 Å². The van der Waals surface area contributed by atoms with E-state index in [4.69, 9.17) is 9.47 Å². The average Bonchev–Trinajstić information content (AvgIpc) is 2.87. The molecule has 0 spiro atoms. The third-order valence-electron chi connectivity index (χ3n) is 2.93. The summed E-state index contributed by atoms with van der Waals surface area (Å²) in [6.07, 6.45) is 0. The van der Waals surface area contributed by atoms with Crippen LogP contribution in [0, 0.1) is 6.92 Å². The highest BCUT2D eigenvalue weighted by atomic mass is 32.1. The summed E-state index contributed by atoms with van der Waals surface area (Å²) in [4.78, 5) is 5.52. The van der Waals surface area contributed by atoms with Crippen LogP contribution in [0.1, 0.15) is 16.1 Å². The maximum atomic E-state index is 5.52. The van der Waals surface area contributed by atoms with Crippen LogP contribution in [0.25, 0.3) is 0 Å². The van der Waals surface area contributed by atoms with E-state index < -0.39 is 0 Å². The van der Waals surface area contributed by atoms with E-state index in [1.54, 1.807) is 18.4 Å². The molecule has 4 nitrogen and oxygen atoms in total. The Morgan fingerprint density at radius 1 is 1.30 bits per heavy atom. The Labute approximate surface area is 123 Å². The normalized spacial score (nSPS) is 10.7. The van der Waals surface area contributed by atoms with Crippen LogP contribution in [0.2, 0.25) is 0 Å². The van der Waals surface area contributed by atoms with Crippen molar-refractivity contribution in [2.75, 3.05) is 25.6 Å². The van der Waals surface area contributed by atoms with Gasteiger partial charge >= 0.3 is 0 Å². The predicted molar refractivity (Wildman–Crippen MR) is 82.2 cm³/mol. The van der Waals surface area contributed by atoms with Crippen LogP contribution in [-0.4, -0.2) is 25.3 Å². The minimum Gasteiger partial charge on any atom is -0.382 e. The Bertz CT molecular complexity index is 528. The summed E-state index contributed by atoms with van der Waals surface area (Å²) in [6.45, 7) is 4.70. The summed E-state index contributed by atoms with van der Waals surface area (Å²) < 4.78 is 10.5. The molecule has 2 aromatic rings. The molecule has 1 heterocycles. The van der Waals surface area contributed by atoms with Crippen molar-refractivity contribution in [1.82, 2.24) is 4.98 Å². The second-order valence-corrected chi connectivity index (χ2v) is 5.40. The topological polar surface area (TPSA) is 43.4 Å². The second-order valence-electron chi connectivity index (χ2n) is 4.46. The van der Waals surface area contributed by atoms with Crippen LogP contribution in [0.5, 0.6) is 0 Å². The number of hydrogen-bond acceptors (Lipinski definition) is 5. The fourth-order valence-corrected chi connectivity index (χ4v) is 2.50. The number of hydrogen-bond donors (Lipinski definition) is 1. The van der Waals surface area contributed by atoms with Gasteiger partial charge in [0.2, 0.25) is 0 Å². The number of thiazole rings is 1. The Kier molecular flexibility index (Phi) is 5.98. The van der Waals surface area contributed by atoms with Crippen LogP contribution in [-0.2, 0) is 22.6 Å². The number of rotatable bonds is 8. The smallest absolute Gasteiger partial charge is 0.0798 e. The van der Waals surface area contributed by atoms with E-state index in [1.165, 1.54) is 4.88 Å². The summed E-state index contributed by atoms with van der Waals surface area (Å²) in [5, 5.41) is 3.42. The molecule has 5 heteroatoms. The van der Waals surface area contributed by atoms with E-state index in [1.807, 2.05) is 18.5 Å². The van der Waals surface area contributed by atoms with Gasteiger partial charge in [-0.2, -0.15) is 0 Å². The van der Waals surface area contributed by atoms with Crippen LogP contribution < -0.4 is 5.32 Å². The fraction of sp³-hybridized carbons (Fsp3) is 0.400. The summed E-state index contributed by atoms with van der Waals surface area (Å²) in [5.74, 6) is 0. The van der Waals surface area contributed by atoms with Crippen molar-refractivity contribution in [3.8, 4) is 0 Å². The van der Waals surface area contributed by atoms with Gasteiger partial charge in [0.05, 0.1) is 37.6 Å². The van der Waals surface area contributed by atoms with E-state index in [-0.39, 0.29) is 0 Å². The lowest BCUT2D eigenvalue weighted by Gasteiger charge is -2.08. The third kappa shape index (κ3) is 4.59. The first-order chi connectivity index (χ1) is 9.79. The first-order valence-corrected chi connectivity index (χ1v) is 7.46. The molecule has 0 bridgehead atoms. The van der Waals surface area contributed by atoms with Gasteiger partial charge in [-0.05, 0) is 24.6 Å². The van der Waals surface area contributed by atoms with Crippen molar-refractivity contribution in [3.63, 3.8) is 0 Å². The number of methoxy groups -OCH3 is 1. The summed E-state index contributed by atoms with van der Waals surface area (Å²) >= 11 is 1.68. The highest BCUT2D eigenvalue weighted by molar-refractivity contribution is 7.09. The SMILES string of the molecule is COCCOCc1cccc(NCc2scnc2C)c1. The summed E-state index contributed by atoms with van der Waals surface area (Å²) in [6, 6.07) is 8.28. The molecule has 1 aromatic heterocycles. The highest BCUT2D eigenvalue weighted by Gasteiger charge is 2.01. The van der Waals surface area contributed by atoms with Gasteiger partial charge in [-0.15, -0.1) is 11.3 Å². The molecule has 1 aromatic carbocycles. The molecule has 0 atom stereocenters. The number of anilines is 1. The molecule has 0 unspecified atom stereocenters. The van der Waals surface area contributed by atoms with E-state index >= 15 is 0 Å². The standard InChI is InChI=1S/C15H20N2O2S/c1-12-15(20-11-17-12)9-16-14-5-3-4-13(8-14)10-19-7-6-18-2/h3-5,8,11,16H,6-7,9-10H2,1-2H3. The largest absolute Gasteiger partial charge is 0.382 e. The summed E-state index contributed by atoms with van der Waals surface area (Å²) in [5.41, 5.74) is 5.24. The Morgan fingerprint density at radius 3 is 2.95 bits per heavy atom. The van der Waals surface area contributed by atoms with Gasteiger partial charge in [-0.25, -0.2) is 4.98 Å². The molecule has 1 N–H and O–H groups in total. The number of ether oxygens (including phenoxy) is 2. The Hall–Kier alpha value is -1.43. The Morgan fingerprint density at radius 2 is 2.20 bits per heavy atom. The molecule has 20 heavy (non-hydrogen) atoms. The monoisotopic (exact) mass is 292 g/mol. The van der Waals surface area contributed by atoms with Crippen molar-refractivity contribution in [2.24, 2.45) is 0 Å². The van der Waals surface area contributed by atoms with Crippen molar-refractivity contribution in [2.45, 2.75) is 20.1 Å². The molecular formula is C15H20N2O2S. The van der Waals surface area contributed by atoms with Crippen molar-refractivity contribution >= 4 is 17.0 Å². The van der Waals surface area contributed by atoms with Gasteiger partial charge in [0, 0.05) is 17.7 Å². The van der Waals surface area contributed by atoms with Crippen LogP contribution in [0.15, 0.2) is 29.8 Å². The molecule has 0 aliphatic rings. The number of aryl methyl sites for hydroxylation is 1.